The van der Waals surface area contributed by atoms with Gasteiger partial charge in [0.15, 0.2) is 0 Å². The summed E-state index contributed by atoms with van der Waals surface area (Å²) in [6.07, 6.45) is 0. The molecule has 0 aliphatic carbocycles. The Balaban J connectivity index is 2.66. The summed E-state index contributed by atoms with van der Waals surface area (Å²) in [7, 11) is -9.98. The van der Waals surface area contributed by atoms with E-state index in [2.05, 4.69) is 0 Å². The van der Waals surface area contributed by atoms with E-state index in [-0.39, 0.29) is 26.3 Å². The summed E-state index contributed by atoms with van der Waals surface area (Å²) >= 11 is 0. The second kappa shape index (κ2) is 3.96. The summed E-state index contributed by atoms with van der Waals surface area (Å²) in [6, 6.07) is 6.19. The van der Waals surface area contributed by atoms with E-state index >= 15 is 0 Å². The first-order valence-electron chi connectivity index (χ1n) is 5.66. The first-order chi connectivity index (χ1) is 8.58. The van der Waals surface area contributed by atoms with Gasteiger partial charge in [0.25, 0.3) is 0 Å². The molecule has 0 N–H and O–H groups in total. The van der Waals surface area contributed by atoms with Crippen molar-refractivity contribution < 1.29 is 30.3 Å². The second-order valence-corrected chi connectivity index (χ2v) is 6.90. The third kappa shape index (κ3) is 3.48. The first-order valence-corrected chi connectivity index (χ1v) is 7.80. The fourth-order valence-corrected chi connectivity index (χ4v) is 3.43. The summed E-state index contributed by atoms with van der Waals surface area (Å²) < 4.78 is 71.8. The van der Waals surface area contributed by atoms with Gasteiger partial charge in [0.05, 0.1) is 0 Å². The number of benzene rings is 1. The monoisotopic (exact) mass is 301 g/mol. The number of halogens is 5. The van der Waals surface area contributed by atoms with Gasteiger partial charge < -0.3 is 0 Å². The summed E-state index contributed by atoms with van der Waals surface area (Å²) in [6.45, 7) is -0.374. The molecule has 1 aromatic carbocycles. The van der Waals surface area contributed by atoms with Crippen LogP contribution in [0.4, 0.5) is 21.0 Å². The Morgan fingerprint density at radius 3 is 1.95 bits per heavy atom. The van der Waals surface area contributed by atoms with Gasteiger partial charge in [-0.05, 0) is 0 Å². The van der Waals surface area contributed by atoms with Crippen molar-refractivity contribution in [3.05, 3.63) is 35.9 Å². The average Bonchev–Trinajstić information content (AvgIpc) is 2.28. The quantitative estimate of drug-likeness (QED) is 0.457. The SMILES string of the molecule is F[P-](F)(F)(F)(F)C(c1ccccc1)=[N+]1CCOCC1. The molecule has 1 aliphatic heterocycles. The molecule has 0 bridgehead atoms. The van der Waals surface area contributed by atoms with Gasteiger partial charge in [-0.2, -0.15) is 0 Å². The van der Waals surface area contributed by atoms with Gasteiger partial charge in [0.2, 0.25) is 0 Å². The minimum atomic E-state index is -9.98. The molecule has 1 aromatic rings. The average molecular weight is 301 g/mol. The molecule has 1 aliphatic rings. The Hall–Kier alpha value is -1.07. The summed E-state index contributed by atoms with van der Waals surface area (Å²) in [5.74, 6) is 0. The van der Waals surface area contributed by atoms with Crippen molar-refractivity contribution in [3.8, 4) is 0 Å². The van der Waals surface area contributed by atoms with Crippen molar-refractivity contribution in [3.63, 3.8) is 0 Å². The zero-order chi connectivity index (χ0) is 14.2. The van der Waals surface area contributed by atoms with Gasteiger partial charge in [-0.3, -0.25) is 0 Å². The van der Waals surface area contributed by atoms with Crippen LogP contribution >= 0.6 is 7.50 Å². The van der Waals surface area contributed by atoms with Crippen LogP contribution in [0, 0.1) is 0 Å². The standard InChI is InChI=1S/C11H13F5NOP/c12-19(13,14,15,16)11(10-4-2-1-3-5-10)17-6-8-18-9-7-17/h1-5H,6-9H2. The molecule has 8 heteroatoms. The number of hydrogen-bond acceptors (Lipinski definition) is 1. The predicted octanol–water partition coefficient (Wildman–Crippen LogP) is 3.99. The first kappa shape index (κ1) is 14.3. The summed E-state index contributed by atoms with van der Waals surface area (Å²) in [5.41, 5.74) is -2.30. The van der Waals surface area contributed by atoms with Crippen LogP contribution in [0.5, 0.6) is 0 Å². The minimum absolute atomic E-state index is 0.00710. The van der Waals surface area contributed by atoms with E-state index in [4.69, 9.17) is 4.74 Å². The normalized spacial score (nSPS) is 20.6. The van der Waals surface area contributed by atoms with Crippen molar-refractivity contribution >= 4 is 13.0 Å². The number of ether oxygens (including phenoxy) is 1. The van der Waals surface area contributed by atoms with Crippen molar-refractivity contribution in [1.82, 2.24) is 0 Å². The van der Waals surface area contributed by atoms with E-state index in [0.717, 1.165) is 12.1 Å². The Bertz CT molecular complexity index is 502. The van der Waals surface area contributed by atoms with Crippen LogP contribution < -0.4 is 0 Å². The molecule has 0 radical (unpaired) electrons. The molecular weight excluding hydrogens is 288 g/mol. The van der Waals surface area contributed by atoms with Gasteiger partial charge >= 0.3 is 105 Å². The fourth-order valence-electron chi connectivity index (χ4n) is 2.06. The number of hydrogen-bond donors (Lipinski definition) is 0. The van der Waals surface area contributed by atoms with Crippen molar-refractivity contribution in [1.29, 1.82) is 0 Å². The molecule has 1 heterocycles. The summed E-state index contributed by atoms with van der Waals surface area (Å²) in [4.78, 5) is 0. The summed E-state index contributed by atoms with van der Waals surface area (Å²) in [5, 5.41) is 0. The Labute approximate surface area is 106 Å². The number of morpholine rings is 1. The van der Waals surface area contributed by atoms with Crippen molar-refractivity contribution in [2.45, 2.75) is 0 Å². The zero-order valence-electron chi connectivity index (χ0n) is 9.91. The van der Waals surface area contributed by atoms with Crippen molar-refractivity contribution in [2.75, 3.05) is 26.3 Å². The van der Waals surface area contributed by atoms with E-state index < -0.39 is 18.5 Å². The maximum atomic E-state index is 13.2. The number of nitrogens with zero attached hydrogens (tertiary/aromatic N) is 1. The zero-order valence-corrected chi connectivity index (χ0v) is 10.8. The van der Waals surface area contributed by atoms with Crippen LogP contribution in [0.1, 0.15) is 5.56 Å². The molecule has 1 fully saturated rings. The topological polar surface area (TPSA) is 12.2 Å². The molecule has 108 valence electrons. The third-order valence-electron chi connectivity index (χ3n) is 2.74. The van der Waals surface area contributed by atoms with Gasteiger partial charge in [-0.25, -0.2) is 0 Å². The van der Waals surface area contributed by atoms with E-state index in [0.29, 0.717) is 4.58 Å². The van der Waals surface area contributed by atoms with Crippen LogP contribution in [-0.2, 0) is 4.74 Å². The molecule has 0 unspecified atom stereocenters. The molecule has 1 saturated heterocycles. The predicted molar refractivity (Wildman–Crippen MR) is 63.8 cm³/mol. The molecular formula is C11H13F5NOP. The molecule has 2 nitrogen and oxygen atoms in total. The van der Waals surface area contributed by atoms with Crippen LogP contribution in [0.25, 0.3) is 0 Å². The van der Waals surface area contributed by atoms with Gasteiger partial charge in [-0.1, -0.05) is 0 Å². The molecule has 0 saturated carbocycles. The third-order valence-corrected chi connectivity index (χ3v) is 4.08. The Kier molecular flexibility index (Phi) is 2.99. The van der Waals surface area contributed by atoms with E-state index in [9.17, 15) is 21.0 Å². The number of rotatable bonds is 2. The molecule has 0 aromatic heterocycles. The molecule has 19 heavy (non-hydrogen) atoms. The maximum absolute atomic E-state index is 13.2. The van der Waals surface area contributed by atoms with Crippen LogP contribution in [-0.4, -0.2) is 36.3 Å². The van der Waals surface area contributed by atoms with Crippen LogP contribution in [0.3, 0.4) is 0 Å². The van der Waals surface area contributed by atoms with Gasteiger partial charge in [0.1, 0.15) is 0 Å². The Morgan fingerprint density at radius 1 is 0.947 bits per heavy atom. The van der Waals surface area contributed by atoms with Crippen LogP contribution in [0.2, 0.25) is 0 Å². The van der Waals surface area contributed by atoms with Gasteiger partial charge in [-0.15, -0.1) is 0 Å². The molecule has 0 spiro atoms. The van der Waals surface area contributed by atoms with Crippen LogP contribution in [0.15, 0.2) is 30.3 Å². The fraction of sp³-hybridized carbons (Fsp3) is 0.364. The van der Waals surface area contributed by atoms with Gasteiger partial charge in [0, 0.05) is 0 Å². The molecule has 2 rings (SSSR count). The molecule has 0 atom stereocenters. The van der Waals surface area contributed by atoms with E-state index in [1.165, 1.54) is 18.2 Å². The molecule has 0 amide bonds. The van der Waals surface area contributed by atoms with E-state index in [1.807, 2.05) is 0 Å². The van der Waals surface area contributed by atoms with Crippen molar-refractivity contribution in [2.24, 2.45) is 0 Å². The van der Waals surface area contributed by atoms with E-state index in [1.54, 1.807) is 0 Å². The second-order valence-electron chi connectivity index (χ2n) is 4.35. The Morgan fingerprint density at radius 2 is 1.47 bits per heavy atom.